The molecule has 0 aliphatic rings. The Morgan fingerprint density at radius 1 is 1.35 bits per heavy atom. The van der Waals surface area contributed by atoms with Gasteiger partial charge in [0.05, 0.1) is 22.2 Å². The van der Waals surface area contributed by atoms with Crippen LogP contribution < -0.4 is 5.32 Å². The van der Waals surface area contributed by atoms with Crippen molar-refractivity contribution in [3.8, 4) is 11.3 Å². The van der Waals surface area contributed by atoms with Crippen LogP contribution in [0.2, 0.25) is 10.0 Å². The minimum absolute atomic E-state index is 0.107. The number of hydrogen-bond donors (Lipinski definition) is 1. The molecule has 0 bridgehead atoms. The highest BCUT2D eigenvalue weighted by Crippen LogP contribution is 2.32. The molecule has 9 heteroatoms. The molecule has 0 spiro atoms. The zero-order chi connectivity index (χ0) is 18.7. The molecule has 0 fully saturated rings. The Balaban J connectivity index is 1.56. The van der Waals surface area contributed by atoms with Gasteiger partial charge in [-0.05, 0) is 32.0 Å². The number of thiazole rings is 1. The lowest BCUT2D eigenvalue weighted by atomic mass is 10.2. The quantitative estimate of drug-likeness (QED) is 0.554. The van der Waals surface area contributed by atoms with Crippen LogP contribution in [0.5, 0.6) is 0 Å². The van der Waals surface area contributed by atoms with E-state index < -0.39 is 0 Å². The molecule has 2 heterocycles. The normalized spacial score (nSPS) is 10.9. The number of carbonyl (C=O) groups excluding carboxylic acids is 1. The standard InChI is InChI=1S/C17H15Cl2N3O2S2/c1-9-13(10(2)24-22-9)6-25-8-16(23)21-17-20-15(7-26-17)12-4-3-11(18)5-14(12)19/h3-5,7H,6,8H2,1-2H3,(H,20,21,23). The summed E-state index contributed by atoms with van der Waals surface area (Å²) in [6, 6.07) is 5.23. The van der Waals surface area contributed by atoms with E-state index in [-0.39, 0.29) is 5.91 Å². The van der Waals surface area contributed by atoms with Gasteiger partial charge in [0.1, 0.15) is 5.76 Å². The SMILES string of the molecule is Cc1noc(C)c1CSCC(=O)Nc1nc(-c2ccc(Cl)cc2Cl)cs1. The average molecular weight is 428 g/mol. The second-order valence-electron chi connectivity index (χ2n) is 5.51. The number of carbonyl (C=O) groups is 1. The topological polar surface area (TPSA) is 68.0 Å². The maximum absolute atomic E-state index is 12.1. The van der Waals surface area contributed by atoms with Gasteiger partial charge in [0.25, 0.3) is 0 Å². The molecular weight excluding hydrogens is 413 g/mol. The Hall–Kier alpha value is -1.54. The largest absolute Gasteiger partial charge is 0.361 e. The number of nitrogens with one attached hydrogen (secondary N) is 1. The number of rotatable bonds is 6. The molecule has 0 saturated heterocycles. The minimum atomic E-state index is -0.107. The Kier molecular flexibility index (Phi) is 6.24. The number of aromatic nitrogens is 2. The van der Waals surface area contributed by atoms with Gasteiger partial charge in [-0.25, -0.2) is 4.98 Å². The second-order valence-corrected chi connectivity index (χ2v) is 8.19. The van der Waals surface area contributed by atoms with Crippen molar-refractivity contribution in [2.75, 3.05) is 11.1 Å². The smallest absolute Gasteiger partial charge is 0.236 e. The summed E-state index contributed by atoms with van der Waals surface area (Å²) in [4.78, 5) is 16.5. The van der Waals surface area contributed by atoms with Crippen LogP contribution in [-0.4, -0.2) is 21.8 Å². The van der Waals surface area contributed by atoms with Gasteiger partial charge in [-0.1, -0.05) is 28.4 Å². The summed E-state index contributed by atoms with van der Waals surface area (Å²) in [5.74, 6) is 1.68. The molecule has 1 aromatic carbocycles. The highest BCUT2D eigenvalue weighted by Gasteiger charge is 2.13. The summed E-state index contributed by atoms with van der Waals surface area (Å²) < 4.78 is 5.12. The third-order valence-corrected chi connectivity index (χ3v) is 5.88. The van der Waals surface area contributed by atoms with Crippen molar-refractivity contribution in [1.82, 2.24) is 10.1 Å². The van der Waals surface area contributed by atoms with Crippen LogP contribution in [0.1, 0.15) is 17.0 Å². The van der Waals surface area contributed by atoms with Crippen LogP contribution >= 0.6 is 46.3 Å². The summed E-state index contributed by atoms with van der Waals surface area (Å²) in [5.41, 5.74) is 3.38. The monoisotopic (exact) mass is 427 g/mol. The number of nitrogens with zero attached hydrogens (tertiary/aromatic N) is 2. The van der Waals surface area contributed by atoms with Gasteiger partial charge in [-0.2, -0.15) is 0 Å². The highest BCUT2D eigenvalue weighted by molar-refractivity contribution is 7.99. The van der Waals surface area contributed by atoms with Crippen LogP contribution in [0.15, 0.2) is 28.1 Å². The fraction of sp³-hybridized carbons (Fsp3) is 0.235. The zero-order valence-corrected chi connectivity index (χ0v) is 17.2. The molecule has 0 aliphatic heterocycles. The van der Waals surface area contributed by atoms with Crippen molar-refractivity contribution in [2.45, 2.75) is 19.6 Å². The summed E-state index contributed by atoms with van der Waals surface area (Å²) in [6.07, 6.45) is 0. The number of hydrogen-bond acceptors (Lipinski definition) is 6. The molecule has 136 valence electrons. The van der Waals surface area contributed by atoms with Gasteiger partial charge in [-0.15, -0.1) is 23.1 Å². The fourth-order valence-corrected chi connectivity index (χ4v) is 4.47. The lowest BCUT2D eigenvalue weighted by Gasteiger charge is -2.03. The summed E-state index contributed by atoms with van der Waals surface area (Å²) >= 11 is 15.0. The van der Waals surface area contributed by atoms with E-state index in [1.165, 1.54) is 23.1 Å². The van der Waals surface area contributed by atoms with Crippen molar-refractivity contribution in [2.24, 2.45) is 0 Å². The molecule has 2 aromatic heterocycles. The molecule has 0 aliphatic carbocycles. The molecule has 0 unspecified atom stereocenters. The number of benzene rings is 1. The van der Waals surface area contributed by atoms with E-state index in [9.17, 15) is 4.79 Å². The number of thioether (sulfide) groups is 1. The molecule has 0 saturated carbocycles. The minimum Gasteiger partial charge on any atom is -0.361 e. The van der Waals surface area contributed by atoms with Crippen LogP contribution in [0.25, 0.3) is 11.3 Å². The van der Waals surface area contributed by atoms with Crippen LogP contribution in [-0.2, 0) is 10.5 Å². The average Bonchev–Trinajstić information content (AvgIpc) is 3.16. The van der Waals surface area contributed by atoms with Crippen molar-refractivity contribution < 1.29 is 9.32 Å². The predicted molar refractivity (Wildman–Crippen MR) is 108 cm³/mol. The van der Waals surface area contributed by atoms with E-state index in [2.05, 4.69) is 15.5 Å². The molecule has 3 rings (SSSR count). The van der Waals surface area contributed by atoms with E-state index in [0.717, 1.165) is 22.6 Å². The number of anilines is 1. The van der Waals surface area contributed by atoms with Crippen LogP contribution in [0.3, 0.4) is 0 Å². The van der Waals surface area contributed by atoms with Gasteiger partial charge >= 0.3 is 0 Å². The first-order valence-electron chi connectivity index (χ1n) is 7.64. The van der Waals surface area contributed by atoms with Gasteiger partial charge in [-0.3, -0.25) is 4.79 Å². The summed E-state index contributed by atoms with van der Waals surface area (Å²) in [5, 5.41) is 10.2. The van der Waals surface area contributed by atoms with Crippen molar-refractivity contribution in [1.29, 1.82) is 0 Å². The Morgan fingerprint density at radius 3 is 2.85 bits per heavy atom. The highest BCUT2D eigenvalue weighted by atomic mass is 35.5. The van der Waals surface area contributed by atoms with E-state index in [0.29, 0.717) is 32.4 Å². The summed E-state index contributed by atoms with van der Waals surface area (Å²) in [7, 11) is 0. The Morgan fingerprint density at radius 2 is 2.15 bits per heavy atom. The van der Waals surface area contributed by atoms with E-state index in [1.54, 1.807) is 12.1 Å². The fourth-order valence-electron chi connectivity index (χ4n) is 2.26. The lowest BCUT2D eigenvalue weighted by Crippen LogP contribution is -2.14. The predicted octanol–water partition coefficient (Wildman–Crippen LogP) is 5.59. The Bertz CT molecular complexity index is 920. The Labute approximate surface area is 169 Å². The first-order valence-corrected chi connectivity index (χ1v) is 10.4. The van der Waals surface area contributed by atoms with Gasteiger partial charge in [0, 0.05) is 27.3 Å². The molecule has 26 heavy (non-hydrogen) atoms. The molecular formula is C17H15Cl2N3O2S2. The molecule has 0 atom stereocenters. The van der Waals surface area contributed by atoms with Gasteiger partial charge < -0.3 is 9.84 Å². The molecule has 1 N–H and O–H groups in total. The first kappa shape index (κ1) is 19.2. The molecule has 1 amide bonds. The van der Waals surface area contributed by atoms with Crippen molar-refractivity contribution in [3.63, 3.8) is 0 Å². The third kappa shape index (κ3) is 4.59. The van der Waals surface area contributed by atoms with Crippen LogP contribution in [0, 0.1) is 13.8 Å². The van der Waals surface area contributed by atoms with Gasteiger partial charge in [0.2, 0.25) is 5.91 Å². The summed E-state index contributed by atoms with van der Waals surface area (Å²) in [6.45, 7) is 3.76. The lowest BCUT2D eigenvalue weighted by molar-refractivity contribution is -0.113. The number of aryl methyl sites for hydroxylation is 2. The van der Waals surface area contributed by atoms with Crippen LogP contribution in [0.4, 0.5) is 5.13 Å². The van der Waals surface area contributed by atoms with Crippen molar-refractivity contribution >= 4 is 57.3 Å². The zero-order valence-electron chi connectivity index (χ0n) is 14.0. The van der Waals surface area contributed by atoms with E-state index in [1.807, 2.05) is 25.3 Å². The van der Waals surface area contributed by atoms with Crippen molar-refractivity contribution in [3.05, 3.63) is 50.6 Å². The van der Waals surface area contributed by atoms with E-state index >= 15 is 0 Å². The third-order valence-electron chi connectivity index (χ3n) is 3.62. The molecule has 3 aromatic rings. The van der Waals surface area contributed by atoms with Gasteiger partial charge in [0.15, 0.2) is 5.13 Å². The molecule has 5 nitrogen and oxygen atoms in total. The number of halogens is 2. The maximum atomic E-state index is 12.1. The van der Waals surface area contributed by atoms with E-state index in [4.69, 9.17) is 27.7 Å². The number of amides is 1. The molecule has 0 radical (unpaired) electrons. The second kappa shape index (κ2) is 8.43. The maximum Gasteiger partial charge on any atom is 0.236 e. The first-order chi connectivity index (χ1) is 12.4.